The van der Waals surface area contributed by atoms with Gasteiger partial charge in [0.15, 0.2) is 0 Å². The molecule has 1 fully saturated rings. The SMILES string of the molecule is CC(C)(C)OC(=O)NC(CC(C)(C)C1CCCCC1)C(=O)O. The van der Waals surface area contributed by atoms with Crippen molar-refractivity contribution >= 4 is 12.1 Å². The molecule has 5 nitrogen and oxygen atoms in total. The number of carbonyl (C=O) groups is 2. The Bertz CT molecular complexity index is 392. The number of hydrogen-bond acceptors (Lipinski definition) is 3. The van der Waals surface area contributed by atoms with Crippen molar-refractivity contribution in [2.75, 3.05) is 0 Å². The highest BCUT2D eigenvalue weighted by molar-refractivity contribution is 5.80. The lowest BCUT2D eigenvalue weighted by molar-refractivity contribution is -0.140. The van der Waals surface area contributed by atoms with E-state index in [1.54, 1.807) is 20.8 Å². The molecule has 0 spiro atoms. The molecule has 0 saturated heterocycles. The summed E-state index contributed by atoms with van der Waals surface area (Å²) in [6, 6.07) is -0.910. The highest BCUT2D eigenvalue weighted by Gasteiger charge is 2.36. The molecule has 22 heavy (non-hydrogen) atoms. The van der Waals surface area contributed by atoms with Crippen LogP contribution >= 0.6 is 0 Å². The Morgan fingerprint density at radius 3 is 2.14 bits per heavy atom. The van der Waals surface area contributed by atoms with E-state index in [1.165, 1.54) is 19.3 Å². The maximum Gasteiger partial charge on any atom is 0.408 e. The Morgan fingerprint density at radius 1 is 1.14 bits per heavy atom. The first-order valence-electron chi connectivity index (χ1n) is 8.23. The van der Waals surface area contributed by atoms with E-state index in [2.05, 4.69) is 19.2 Å². The summed E-state index contributed by atoms with van der Waals surface area (Å²) < 4.78 is 5.16. The van der Waals surface area contributed by atoms with E-state index in [1.807, 2.05) is 0 Å². The van der Waals surface area contributed by atoms with Crippen LogP contribution in [0.1, 0.15) is 73.1 Å². The van der Waals surface area contributed by atoms with Crippen LogP contribution < -0.4 is 5.32 Å². The molecule has 5 heteroatoms. The molecule has 0 heterocycles. The summed E-state index contributed by atoms with van der Waals surface area (Å²) in [5.41, 5.74) is -0.746. The monoisotopic (exact) mass is 313 g/mol. The zero-order chi connectivity index (χ0) is 17.0. The van der Waals surface area contributed by atoms with E-state index in [9.17, 15) is 14.7 Å². The standard InChI is InChI=1S/C17H31NO4/c1-16(2,3)22-15(21)18-13(14(19)20)11-17(4,5)12-9-7-6-8-10-12/h12-13H,6-11H2,1-5H3,(H,18,21)(H,19,20). The van der Waals surface area contributed by atoms with Gasteiger partial charge in [-0.25, -0.2) is 9.59 Å². The Kier molecular flexibility index (Phi) is 6.27. The van der Waals surface area contributed by atoms with Gasteiger partial charge in [-0.1, -0.05) is 33.1 Å². The van der Waals surface area contributed by atoms with Gasteiger partial charge in [0, 0.05) is 0 Å². The Morgan fingerprint density at radius 2 is 1.68 bits per heavy atom. The second kappa shape index (κ2) is 7.34. The summed E-state index contributed by atoms with van der Waals surface area (Å²) in [5, 5.41) is 11.9. The molecular formula is C17H31NO4. The number of carboxylic acid groups (broad SMARTS) is 1. The van der Waals surface area contributed by atoms with Crippen molar-refractivity contribution in [3.05, 3.63) is 0 Å². The second-order valence-corrected chi connectivity index (χ2v) is 8.06. The molecule has 1 unspecified atom stereocenters. The summed E-state index contributed by atoms with van der Waals surface area (Å²) >= 11 is 0. The van der Waals surface area contributed by atoms with Crippen molar-refractivity contribution in [1.29, 1.82) is 0 Å². The van der Waals surface area contributed by atoms with Gasteiger partial charge in [0.25, 0.3) is 0 Å². The summed E-state index contributed by atoms with van der Waals surface area (Å²) in [6.07, 6.45) is 5.74. The lowest BCUT2D eigenvalue weighted by Gasteiger charge is -2.38. The Hall–Kier alpha value is -1.26. The van der Waals surface area contributed by atoms with Crippen LogP contribution in [0.15, 0.2) is 0 Å². The summed E-state index contributed by atoms with van der Waals surface area (Å²) in [7, 11) is 0. The number of carboxylic acids is 1. The smallest absolute Gasteiger partial charge is 0.408 e. The molecular weight excluding hydrogens is 282 g/mol. The van der Waals surface area contributed by atoms with E-state index in [0.29, 0.717) is 12.3 Å². The van der Waals surface area contributed by atoms with Crippen LogP contribution in [0.3, 0.4) is 0 Å². The molecule has 1 aliphatic rings. The summed E-state index contributed by atoms with van der Waals surface area (Å²) in [6.45, 7) is 9.49. The fourth-order valence-corrected chi connectivity index (χ4v) is 3.23. The summed E-state index contributed by atoms with van der Waals surface area (Å²) in [5.74, 6) is -0.488. The van der Waals surface area contributed by atoms with Crippen molar-refractivity contribution in [1.82, 2.24) is 5.32 Å². The Labute approximate surface area is 133 Å². The number of nitrogens with one attached hydrogen (secondary N) is 1. The topological polar surface area (TPSA) is 75.6 Å². The predicted octanol–water partition coefficient (Wildman–Crippen LogP) is 3.96. The van der Waals surface area contributed by atoms with Gasteiger partial charge < -0.3 is 15.2 Å². The fraction of sp³-hybridized carbons (Fsp3) is 0.882. The third-order valence-electron chi connectivity index (χ3n) is 4.43. The first-order valence-corrected chi connectivity index (χ1v) is 8.23. The molecule has 2 N–H and O–H groups in total. The number of aliphatic carboxylic acids is 1. The average Bonchev–Trinajstić information content (AvgIpc) is 2.36. The van der Waals surface area contributed by atoms with Gasteiger partial charge in [-0.3, -0.25) is 0 Å². The van der Waals surface area contributed by atoms with Gasteiger partial charge >= 0.3 is 12.1 Å². The molecule has 0 aromatic rings. The fourth-order valence-electron chi connectivity index (χ4n) is 3.23. The second-order valence-electron chi connectivity index (χ2n) is 8.06. The van der Waals surface area contributed by atoms with Gasteiger partial charge in [-0.05, 0) is 51.4 Å². The molecule has 0 aromatic heterocycles. The van der Waals surface area contributed by atoms with Crippen LogP contribution in [0, 0.1) is 11.3 Å². The van der Waals surface area contributed by atoms with Crippen molar-refractivity contribution in [3.63, 3.8) is 0 Å². The van der Waals surface area contributed by atoms with Gasteiger partial charge in [0.05, 0.1) is 0 Å². The van der Waals surface area contributed by atoms with Crippen LogP contribution in [0.5, 0.6) is 0 Å². The number of carbonyl (C=O) groups excluding carboxylic acids is 1. The first-order chi connectivity index (χ1) is 10.0. The minimum atomic E-state index is -1.00. The molecule has 0 radical (unpaired) electrons. The number of amides is 1. The average molecular weight is 313 g/mol. The quantitative estimate of drug-likeness (QED) is 0.805. The normalized spacial score (nSPS) is 18.6. The number of rotatable bonds is 5. The zero-order valence-corrected chi connectivity index (χ0v) is 14.6. The molecule has 1 aliphatic carbocycles. The highest BCUT2D eigenvalue weighted by Crippen LogP contribution is 2.41. The molecule has 0 aliphatic heterocycles. The van der Waals surface area contributed by atoms with Crippen molar-refractivity contribution < 1.29 is 19.4 Å². The van der Waals surface area contributed by atoms with Crippen molar-refractivity contribution in [2.45, 2.75) is 84.8 Å². The number of hydrogen-bond donors (Lipinski definition) is 2. The van der Waals surface area contributed by atoms with E-state index in [-0.39, 0.29) is 5.41 Å². The number of ether oxygens (including phenoxy) is 1. The maximum absolute atomic E-state index is 11.8. The lowest BCUT2D eigenvalue weighted by Crippen LogP contribution is -2.46. The van der Waals surface area contributed by atoms with Crippen LogP contribution in [0.2, 0.25) is 0 Å². The molecule has 1 amide bonds. The Balaban J connectivity index is 2.66. The van der Waals surface area contributed by atoms with E-state index in [0.717, 1.165) is 12.8 Å². The van der Waals surface area contributed by atoms with Crippen LogP contribution in [0.4, 0.5) is 4.79 Å². The van der Waals surface area contributed by atoms with Crippen molar-refractivity contribution in [2.24, 2.45) is 11.3 Å². The predicted molar refractivity (Wildman–Crippen MR) is 85.8 cm³/mol. The first kappa shape index (κ1) is 18.8. The molecule has 1 saturated carbocycles. The van der Waals surface area contributed by atoms with Crippen LogP contribution in [-0.4, -0.2) is 28.8 Å². The zero-order valence-electron chi connectivity index (χ0n) is 14.6. The summed E-state index contributed by atoms with van der Waals surface area (Å²) in [4.78, 5) is 23.3. The van der Waals surface area contributed by atoms with Crippen LogP contribution in [0.25, 0.3) is 0 Å². The third kappa shape index (κ3) is 6.24. The van der Waals surface area contributed by atoms with E-state index in [4.69, 9.17) is 4.74 Å². The van der Waals surface area contributed by atoms with Gasteiger partial charge in [0.2, 0.25) is 0 Å². The highest BCUT2D eigenvalue weighted by atomic mass is 16.6. The lowest BCUT2D eigenvalue weighted by atomic mass is 9.68. The number of alkyl carbamates (subject to hydrolysis) is 1. The minimum Gasteiger partial charge on any atom is -0.480 e. The van der Waals surface area contributed by atoms with E-state index < -0.39 is 23.7 Å². The molecule has 1 rings (SSSR count). The third-order valence-corrected chi connectivity index (χ3v) is 4.43. The van der Waals surface area contributed by atoms with E-state index >= 15 is 0 Å². The van der Waals surface area contributed by atoms with Crippen molar-refractivity contribution in [3.8, 4) is 0 Å². The molecule has 0 aromatic carbocycles. The molecule has 0 bridgehead atoms. The molecule has 1 atom stereocenters. The minimum absolute atomic E-state index is 0.113. The largest absolute Gasteiger partial charge is 0.480 e. The van der Waals surface area contributed by atoms with Gasteiger partial charge in [0.1, 0.15) is 11.6 Å². The molecule has 128 valence electrons. The van der Waals surface area contributed by atoms with Gasteiger partial charge in [-0.2, -0.15) is 0 Å². The van der Waals surface area contributed by atoms with Crippen LogP contribution in [-0.2, 0) is 9.53 Å². The van der Waals surface area contributed by atoms with Gasteiger partial charge in [-0.15, -0.1) is 0 Å². The maximum atomic E-state index is 11.8.